The maximum atomic E-state index is 14.1. The summed E-state index contributed by atoms with van der Waals surface area (Å²) in [6, 6.07) is 0. The first-order chi connectivity index (χ1) is 21.8. The first-order valence-corrected chi connectivity index (χ1v) is 15.9. The highest BCUT2D eigenvalue weighted by molar-refractivity contribution is 6.25. The molecule has 0 spiro atoms. The summed E-state index contributed by atoms with van der Waals surface area (Å²) in [5.41, 5.74) is 6.63. The second kappa shape index (κ2) is 18.4. The van der Waals surface area contributed by atoms with E-state index in [-0.39, 0.29) is 40.6 Å². The van der Waals surface area contributed by atoms with Gasteiger partial charge in [0.25, 0.3) is 5.91 Å². The Labute approximate surface area is 272 Å². The van der Waals surface area contributed by atoms with Gasteiger partial charge in [-0.2, -0.15) is 0 Å². The Morgan fingerprint density at radius 1 is 1.02 bits per heavy atom. The smallest absolute Gasteiger partial charge is 0.405 e. The van der Waals surface area contributed by atoms with Crippen molar-refractivity contribution in [1.82, 2.24) is 16.0 Å². The summed E-state index contributed by atoms with van der Waals surface area (Å²) in [7, 11) is 2.95. The van der Waals surface area contributed by atoms with E-state index in [1.165, 1.54) is 20.3 Å². The third-order valence-corrected chi connectivity index (χ3v) is 8.05. The second-order valence-electron chi connectivity index (χ2n) is 11.9. The number of rotatable bonds is 9. The fraction of sp³-hybridized carbons (Fsp3) is 0.588. The molecule has 0 aromatic heterocycles. The lowest BCUT2D eigenvalue weighted by atomic mass is 9.84. The molecule has 12 heteroatoms. The lowest BCUT2D eigenvalue weighted by Crippen LogP contribution is -2.43. The van der Waals surface area contributed by atoms with E-state index in [0.29, 0.717) is 31.5 Å². The van der Waals surface area contributed by atoms with E-state index < -0.39 is 53.9 Å². The van der Waals surface area contributed by atoms with Crippen molar-refractivity contribution in [2.24, 2.45) is 17.6 Å². The van der Waals surface area contributed by atoms with Gasteiger partial charge in [-0.1, -0.05) is 52.0 Å². The minimum atomic E-state index is -0.998. The van der Waals surface area contributed by atoms with E-state index in [1.807, 2.05) is 27.7 Å². The Bertz CT molecular complexity index is 1280. The summed E-state index contributed by atoms with van der Waals surface area (Å²) in [4.78, 5) is 53.2. The van der Waals surface area contributed by atoms with Crippen LogP contribution in [0.1, 0.15) is 67.2 Å². The topological polar surface area (TPSA) is 178 Å². The molecule has 6 atom stereocenters. The molecule has 0 unspecified atom stereocenters. The van der Waals surface area contributed by atoms with Crippen molar-refractivity contribution in [3.63, 3.8) is 0 Å². The van der Waals surface area contributed by atoms with Crippen LogP contribution in [0.4, 0.5) is 4.79 Å². The molecule has 1 heterocycles. The SMILES string of the molecule is CCCNC1=C2C[C@@H](C)C[C@H](OC)[C@H](O)[C@@H](C)/C=C(\C)[C@H](OC(N)=O)[C@H](OC)/C=C\C=C(/C)C(=O)NC(=C(NCCC)C1=O)C2=O. The predicted octanol–water partition coefficient (Wildman–Crippen LogP) is 3.09. The molecule has 2 amide bonds. The molecule has 0 saturated carbocycles. The van der Waals surface area contributed by atoms with Gasteiger partial charge in [-0.15, -0.1) is 0 Å². The van der Waals surface area contributed by atoms with Gasteiger partial charge >= 0.3 is 6.09 Å². The quantitative estimate of drug-likeness (QED) is 0.185. The zero-order valence-corrected chi connectivity index (χ0v) is 28.4. The number of ketones is 2. The average molecular weight is 645 g/mol. The first kappa shape index (κ1) is 38.4. The predicted molar refractivity (Wildman–Crippen MR) is 175 cm³/mol. The number of hydrogen-bond acceptors (Lipinski definition) is 10. The molecular weight excluding hydrogens is 592 g/mol. The van der Waals surface area contributed by atoms with Gasteiger partial charge < -0.3 is 41.0 Å². The van der Waals surface area contributed by atoms with E-state index in [2.05, 4.69) is 16.0 Å². The summed E-state index contributed by atoms with van der Waals surface area (Å²) < 4.78 is 16.7. The number of allylic oxidation sites excluding steroid dienone is 3. The molecule has 256 valence electrons. The summed E-state index contributed by atoms with van der Waals surface area (Å²) in [6.45, 7) is 11.8. The van der Waals surface area contributed by atoms with Gasteiger partial charge in [-0.25, -0.2) is 4.79 Å². The van der Waals surface area contributed by atoms with Crippen LogP contribution in [0.2, 0.25) is 0 Å². The molecule has 2 bridgehead atoms. The van der Waals surface area contributed by atoms with Crippen molar-refractivity contribution in [3.05, 3.63) is 58.1 Å². The number of hydrogen-bond donors (Lipinski definition) is 5. The van der Waals surface area contributed by atoms with Gasteiger partial charge in [0.1, 0.15) is 17.5 Å². The highest BCUT2D eigenvalue weighted by Gasteiger charge is 2.37. The van der Waals surface area contributed by atoms with Crippen molar-refractivity contribution >= 4 is 23.6 Å². The highest BCUT2D eigenvalue weighted by Crippen LogP contribution is 2.30. The molecule has 2 aliphatic rings. The first-order valence-electron chi connectivity index (χ1n) is 15.9. The van der Waals surface area contributed by atoms with E-state index in [0.717, 1.165) is 6.42 Å². The van der Waals surface area contributed by atoms with E-state index in [9.17, 15) is 24.3 Å². The number of carbonyl (C=O) groups excluding carboxylic acids is 4. The Morgan fingerprint density at radius 2 is 1.65 bits per heavy atom. The van der Waals surface area contributed by atoms with Crippen molar-refractivity contribution in [3.8, 4) is 0 Å². The third-order valence-electron chi connectivity index (χ3n) is 8.05. The molecule has 0 aromatic rings. The summed E-state index contributed by atoms with van der Waals surface area (Å²) in [5, 5.41) is 20.3. The zero-order valence-electron chi connectivity index (χ0n) is 28.4. The van der Waals surface area contributed by atoms with E-state index in [4.69, 9.17) is 19.9 Å². The number of amides is 2. The highest BCUT2D eigenvalue weighted by atomic mass is 16.6. The van der Waals surface area contributed by atoms with Gasteiger partial charge in [-0.05, 0) is 51.0 Å². The average Bonchev–Trinajstić information content (AvgIpc) is 3.01. The van der Waals surface area contributed by atoms with Crippen LogP contribution in [0.15, 0.2) is 58.1 Å². The molecule has 1 aliphatic carbocycles. The fourth-order valence-corrected chi connectivity index (χ4v) is 5.52. The van der Waals surface area contributed by atoms with Crippen LogP contribution in [0.3, 0.4) is 0 Å². The van der Waals surface area contributed by atoms with Crippen molar-refractivity contribution in [1.29, 1.82) is 0 Å². The number of aliphatic hydroxyl groups excluding tert-OH is 1. The van der Waals surface area contributed by atoms with Gasteiger partial charge in [0, 0.05) is 44.4 Å². The largest absolute Gasteiger partial charge is 0.439 e. The Morgan fingerprint density at radius 3 is 2.22 bits per heavy atom. The Kier molecular flexibility index (Phi) is 15.4. The number of Topliss-reactive ketones (excluding diaryl/α,β-unsaturated/α-hetero) is 2. The molecule has 0 fully saturated rings. The number of aliphatic hydroxyl groups is 1. The lowest BCUT2D eigenvalue weighted by molar-refractivity contribution is -0.120. The molecule has 0 radical (unpaired) electrons. The maximum Gasteiger partial charge on any atom is 0.405 e. The minimum Gasteiger partial charge on any atom is -0.439 e. The third kappa shape index (κ3) is 10.1. The Hall–Kier alpha value is -3.74. The number of nitrogens with two attached hydrogens (primary N) is 1. The maximum absolute atomic E-state index is 14.1. The van der Waals surface area contributed by atoms with Crippen LogP contribution in [0, 0.1) is 11.8 Å². The molecule has 2 rings (SSSR count). The van der Waals surface area contributed by atoms with Crippen LogP contribution >= 0.6 is 0 Å². The van der Waals surface area contributed by atoms with E-state index >= 15 is 0 Å². The van der Waals surface area contributed by atoms with Crippen LogP contribution in [-0.2, 0) is 28.6 Å². The van der Waals surface area contributed by atoms with Gasteiger partial charge in [0.2, 0.25) is 11.6 Å². The number of fused-ring (bicyclic) bond motifs is 2. The molecule has 0 saturated heterocycles. The second-order valence-corrected chi connectivity index (χ2v) is 11.9. The standard InChI is InChI=1S/C34H52N4O8/c1-9-14-36-26-23-16-19(3)17-25(45-8)29(39)21(5)18-22(6)32(46-34(35)43)24(44-7)13-11-12-20(4)33(42)38-28(30(23)40)27(31(26)41)37-15-10-2/h11-13,18-19,21,24-25,29,32,36-37,39H,9-10,14-17H2,1-8H3,(H2,35,43)(H,38,42)/b13-11-,20-12+,22-18+/t19-,21+,24-,25+,29-,32+/m1/s1. The van der Waals surface area contributed by atoms with Crippen molar-refractivity contribution in [2.75, 3.05) is 27.3 Å². The van der Waals surface area contributed by atoms with Crippen LogP contribution in [-0.4, -0.2) is 80.4 Å². The molecule has 6 N–H and O–H groups in total. The Balaban J connectivity index is 2.74. The summed E-state index contributed by atoms with van der Waals surface area (Å²) in [5.74, 6) is -2.07. The van der Waals surface area contributed by atoms with Crippen LogP contribution in [0.25, 0.3) is 0 Å². The van der Waals surface area contributed by atoms with Gasteiger partial charge in [0.05, 0.1) is 17.9 Å². The normalized spacial score (nSPS) is 30.2. The van der Waals surface area contributed by atoms with Gasteiger partial charge in [0.15, 0.2) is 6.10 Å². The van der Waals surface area contributed by atoms with E-state index in [1.54, 1.807) is 32.1 Å². The molecule has 0 aromatic carbocycles. The monoisotopic (exact) mass is 644 g/mol. The number of primary amides is 1. The van der Waals surface area contributed by atoms with Gasteiger partial charge in [-0.3, -0.25) is 14.4 Å². The van der Waals surface area contributed by atoms with Crippen LogP contribution < -0.4 is 21.7 Å². The van der Waals surface area contributed by atoms with Crippen molar-refractivity contribution in [2.45, 2.75) is 91.6 Å². The number of methoxy groups -OCH3 is 2. The molecule has 46 heavy (non-hydrogen) atoms. The number of nitrogens with one attached hydrogen (secondary N) is 3. The summed E-state index contributed by atoms with van der Waals surface area (Å²) >= 11 is 0. The zero-order chi connectivity index (χ0) is 34.6. The molecule has 1 aliphatic heterocycles. The van der Waals surface area contributed by atoms with Crippen LogP contribution in [0.5, 0.6) is 0 Å². The molecule has 12 nitrogen and oxygen atoms in total. The molecular formula is C34H52N4O8. The van der Waals surface area contributed by atoms with Crippen molar-refractivity contribution < 1.29 is 38.5 Å². The lowest BCUT2D eigenvalue weighted by Gasteiger charge is -2.30. The minimum absolute atomic E-state index is 0.0379. The summed E-state index contributed by atoms with van der Waals surface area (Å²) in [6.07, 6.45) is 4.16. The number of ether oxygens (including phenoxy) is 3. The fourth-order valence-electron chi connectivity index (χ4n) is 5.52. The number of carbonyl (C=O) groups is 4.